The zero-order valence-electron chi connectivity index (χ0n) is 20.4. The van der Waals surface area contributed by atoms with E-state index in [0.29, 0.717) is 0 Å². The fraction of sp³-hybridized carbons (Fsp3) is 0.519. The first-order valence-corrected chi connectivity index (χ1v) is 12.7. The number of thiocarbonyl (C=S) groups is 1. The summed E-state index contributed by atoms with van der Waals surface area (Å²) in [5, 5.41) is 0.224. The predicted molar refractivity (Wildman–Crippen MR) is 141 cm³/mol. The van der Waals surface area contributed by atoms with Gasteiger partial charge in [0.15, 0.2) is 0 Å². The molecule has 3 rings (SSSR count). The van der Waals surface area contributed by atoms with Crippen LogP contribution in [0.3, 0.4) is 0 Å². The highest BCUT2D eigenvalue weighted by Crippen LogP contribution is 2.46. The van der Waals surface area contributed by atoms with Crippen LogP contribution in [0.4, 0.5) is 0 Å². The summed E-state index contributed by atoms with van der Waals surface area (Å²) in [6.07, 6.45) is 0.157. The van der Waals surface area contributed by atoms with Crippen LogP contribution in [0.2, 0.25) is 0 Å². The zero-order valence-corrected chi connectivity index (χ0v) is 22.0. The van der Waals surface area contributed by atoms with Crippen LogP contribution in [-0.2, 0) is 10.8 Å². The van der Waals surface area contributed by atoms with Crippen LogP contribution in [0, 0.1) is 0 Å². The van der Waals surface area contributed by atoms with Crippen LogP contribution in [0.25, 0.3) is 0 Å². The second-order valence-electron chi connectivity index (χ2n) is 10.5. The Kier molecular flexibility index (Phi) is 7.25. The SMILES string of the molecule is CCN1C(=S)SC(c2ccc(C(C)(C)C)cc2)N(CC)C1c1ccc(C(C)(C)C)cc1. The molecule has 168 valence electrons. The van der Waals surface area contributed by atoms with Gasteiger partial charge in [0.25, 0.3) is 0 Å². The Hall–Kier alpha value is -1.36. The lowest BCUT2D eigenvalue weighted by atomic mass is 9.86. The predicted octanol–water partition coefficient (Wildman–Crippen LogP) is 7.65. The number of hydrogen-bond donors (Lipinski definition) is 0. The third kappa shape index (κ3) is 5.18. The summed E-state index contributed by atoms with van der Waals surface area (Å²) >= 11 is 7.72. The van der Waals surface area contributed by atoms with Gasteiger partial charge in [0, 0.05) is 6.54 Å². The third-order valence-corrected chi connectivity index (χ3v) is 7.93. The van der Waals surface area contributed by atoms with E-state index in [1.807, 2.05) is 11.8 Å². The van der Waals surface area contributed by atoms with E-state index in [2.05, 4.69) is 114 Å². The molecule has 1 heterocycles. The summed E-state index contributed by atoms with van der Waals surface area (Å²) in [5.41, 5.74) is 5.69. The van der Waals surface area contributed by atoms with Crippen LogP contribution in [0.15, 0.2) is 48.5 Å². The van der Waals surface area contributed by atoms with Crippen molar-refractivity contribution in [3.8, 4) is 0 Å². The van der Waals surface area contributed by atoms with Crippen molar-refractivity contribution in [1.29, 1.82) is 0 Å². The van der Waals surface area contributed by atoms with Gasteiger partial charge in [0.05, 0.1) is 5.37 Å². The minimum atomic E-state index is 0.155. The molecule has 2 aromatic rings. The summed E-state index contributed by atoms with van der Waals surface area (Å²) in [7, 11) is 0. The molecule has 0 bridgehead atoms. The van der Waals surface area contributed by atoms with E-state index in [9.17, 15) is 0 Å². The average Bonchev–Trinajstić information content (AvgIpc) is 2.72. The van der Waals surface area contributed by atoms with Crippen LogP contribution < -0.4 is 0 Å². The molecule has 0 amide bonds. The van der Waals surface area contributed by atoms with Crippen molar-refractivity contribution in [3.63, 3.8) is 0 Å². The number of rotatable bonds is 4. The Morgan fingerprint density at radius 2 is 1.19 bits per heavy atom. The lowest BCUT2D eigenvalue weighted by Gasteiger charge is -2.48. The molecule has 1 aliphatic heterocycles. The van der Waals surface area contributed by atoms with E-state index in [-0.39, 0.29) is 22.4 Å². The highest BCUT2D eigenvalue weighted by atomic mass is 32.2. The van der Waals surface area contributed by atoms with Crippen molar-refractivity contribution in [3.05, 3.63) is 70.8 Å². The molecule has 31 heavy (non-hydrogen) atoms. The van der Waals surface area contributed by atoms with E-state index < -0.39 is 0 Å². The molecule has 2 aromatic carbocycles. The van der Waals surface area contributed by atoms with Crippen LogP contribution in [0.5, 0.6) is 0 Å². The lowest BCUT2D eigenvalue weighted by molar-refractivity contribution is 0.0851. The Morgan fingerprint density at radius 3 is 1.58 bits per heavy atom. The molecular weight excluding hydrogens is 416 g/mol. The van der Waals surface area contributed by atoms with Crippen molar-refractivity contribution in [1.82, 2.24) is 9.80 Å². The molecule has 0 saturated carbocycles. The van der Waals surface area contributed by atoms with Gasteiger partial charge in [-0.15, -0.1) is 0 Å². The maximum Gasteiger partial charge on any atom is 0.139 e. The van der Waals surface area contributed by atoms with E-state index in [4.69, 9.17) is 12.2 Å². The normalized spacial score (nSPS) is 20.9. The smallest absolute Gasteiger partial charge is 0.139 e. The summed E-state index contributed by atoms with van der Waals surface area (Å²) in [5.74, 6) is 0. The highest BCUT2D eigenvalue weighted by molar-refractivity contribution is 8.23. The number of benzene rings is 2. The van der Waals surface area contributed by atoms with E-state index in [1.54, 1.807) is 0 Å². The Morgan fingerprint density at radius 1 is 0.742 bits per heavy atom. The largest absolute Gasteiger partial charge is 0.338 e. The molecule has 0 radical (unpaired) electrons. The Balaban J connectivity index is 2.00. The van der Waals surface area contributed by atoms with Gasteiger partial charge in [-0.05, 0) is 46.6 Å². The van der Waals surface area contributed by atoms with E-state index in [1.165, 1.54) is 22.3 Å². The minimum absolute atomic E-state index is 0.155. The second-order valence-corrected chi connectivity index (χ2v) is 12.2. The molecular formula is C27H38N2S2. The fourth-order valence-corrected chi connectivity index (χ4v) is 5.96. The Labute approximate surface area is 199 Å². The van der Waals surface area contributed by atoms with Gasteiger partial charge in [0.2, 0.25) is 0 Å². The average molecular weight is 455 g/mol. The molecule has 0 N–H and O–H groups in total. The van der Waals surface area contributed by atoms with Gasteiger partial charge < -0.3 is 4.90 Å². The Bertz CT molecular complexity index is 889. The first-order chi connectivity index (χ1) is 14.5. The molecule has 4 heteroatoms. The fourth-order valence-electron chi connectivity index (χ4n) is 4.21. The maximum absolute atomic E-state index is 5.91. The molecule has 0 aromatic heterocycles. The van der Waals surface area contributed by atoms with Gasteiger partial charge in [-0.3, -0.25) is 4.90 Å². The molecule has 2 nitrogen and oxygen atoms in total. The summed E-state index contributed by atoms with van der Waals surface area (Å²) < 4.78 is 0.988. The van der Waals surface area contributed by atoms with Crippen molar-refractivity contribution in [2.75, 3.05) is 13.1 Å². The molecule has 2 atom stereocenters. The van der Waals surface area contributed by atoms with Crippen molar-refractivity contribution in [2.45, 2.75) is 77.8 Å². The van der Waals surface area contributed by atoms with Crippen LogP contribution >= 0.6 is 24.0 Å². The molecule has 1 fully saturated rings. The molecule has 2 unspecified atom stereocenters. The zero-order chi connectivity index (χ0) is 23.0. The second kappa shape index (κ2) is 9.25. The van der Waals surface area contributed by atoms with Crippen molar-refractivity contribution < 1.29 is 0 Å². The summed E-state index contributed by atoms with van der Waals surface area (Å²) in [6.45, 7) is 19.9. The van der Waals surface area contributed by atoms with Crippen molar-refractivity contribution in [2.24, 2.45) is 0 Å². The maximum atomic E-state index is 5.91. The number of hydrogen-bond acceptors (Lipinski definition) is 3. The monoisotopic (exact) mass is 454 g/mol. The minimum Gasteiger partial charge on any atom is -0.338 e. The van der Waals surface area contributed by atoms with Gasteiger partial charge in [0.1, 0.15) is 10.5 Å². The van der Waals surface area contributed by atoms with Crippen LogP contribution in [-0.4, -0.2) is 27.2 Å². The van der Waals surface area contributed by atoms with Gasteiger partial charge in [-0.2, -0.15) is 0 Å². The number of nitrogens with zero attached hydrogens (tertiary/aromatic N) is 2. The topological polar surface area (TPSA) is 6.48 Å². The quantitative estimate of drug-likeness (QED) is 0.437. The molecule has 0 spiro atoms. The summed E-state index contributed by atoms with van der Waals surface area (Å²) in [6, 6.07) is 18.3. The van der Waals surface area contributed by atoms with Gasteiger partial charge >= 0.3 is 0 Å². The summed E-state index contributed by atoms with van der Waals surface area (Å²) in [4.78, 5) is 4.96. The standard InChI is InChI=1S/C27H38N2S2/c1-9-28-23(19-11-15-21(16-12-19)26(3,4)5)29(10-2)25(30)31-24(28)20-13-17-22(18-14-20)27(6,7)8/h11-18,23-24H,9-10H2,1-8H3. The van der Waals surface area contributed by atoms with E-state index in [0.717, 1.165) is 17.4 Å². The number of thioether (sulfide) groups is 1. The molecule has 1 aliphatic rings. The molecule has 1 saturated heterocycles. The highest BCUT2D eigenvalue weighted by Gasteiger charge is 2.39. The van der Waals surface area contributed by atoms with Gasteiger partial charge in [-0.1, -0.05) is 121 Å². The lowest BCUT2D eigenvalue weighted by Crippen LogP contribution is -2.48. The first-order valence-electron chi connectivity index (χ1n) is 11.4. The molecule has 0 aliphatic carbocycles. The first kappa shape index (κ1) is 24.3. The van der Waals surface area contributed by atoms with E-state index >= 15 is 0 Å². The van der Waals surface area contributed by atoms with Crippen molar-refractivity contribution >= 4 is 28.3 Å². The van der Waals surface area contributed by atoms with Gasteiger partial charge in [-0.25, -0.2) is 0 Å². The van der Waals surface area contributed by atoms with Crippen LogP contribution in [0.1, 0.15) is 89.2 Å². The third-order valence-electron chi connectivity index (χ3n) is 6.20.